The van der Waals surface area contributed by atoms with E-state index in [1.807, 2.05) is 0 Å². The SMILES string of the molecule is COc1c(C[C@H](NC(=O)CCn2cc(CNC(=O)OC(C)(C)C)nn2)B(O)O[C@@H]2CC3C[C@@H](C3(C)C)C2(C)C)cccc1C(=O)OC(C)(C)C. The lowest BCUT2D eigenvalue weighted by atomic mass is 9.40. The Morgan fingerprint density at radius 2 is 1.72 bits per heavy atom. The predicted octanol–water partition coefficient (Wildman–Crippen LogP) is 4.88. The van der Waals surface area contributed by atoms with Gasteiger partial charge in [-0.1, -0.05) is 45.0 Å². The minimum absolute atomic E-state index is 0.0356. The van der Waals surface area contributed by atoms with Gasteiger partial charge >= 0.3 is 19.2 Å². The molecule has 0 aliphatic heterocycles. The lowest BCUT2D eigenvalue weighted by molar-refractivity contribution is -0.196. The number of benzene rings is 1. The van der Waals surface area contributed by atoms with Crippen LogP contribution < -0.4 is 15.4 Å². The highest BCUT2D eigenvalue weighted by molar-refractivity contribution is 6.45. The molecule has 0 saturated heterocycles. The number of nitrogens with zero attached hydrogens (tertiary/aromatic N) is 3. The molecule has 4 atom stereocenters. The lowest BCUT2D eigenvalue weighted by Gasteiger charge is -2.66. The van der Waals surface area contributed by atoms with E-state index >= 15 is 0 Å². The highest BCUT2D eigenvalue weighted by Crippen LogP contribution is 2.66. The second kappa shape index (κ2) is 14.9. The van der Waals surface area contributed by atoms with Gasteiger partial charge in [-0.15, -0.1) is 5.10 Å². The van der Waals surface area contributed by atoms with Crippen molar-refractivity contribution in [3.8, 4) is 5.75 Å². The number of alkyl carbamates (subject to hydrolysis) is 1. The first-order valence-corrected chi connectivity index (χ1v) is 17.5. The largest absolute Gasteiger partial charge is 0.496 e. The first-order chi connectivity index (χ1) is 23.1. The van der Waals surface area contributed by atoms with Crippen molar-refractivity contribution in [3.05, 3.63) is 41.2 Å². The number of carbonyl (C=O) groups is 3. The molecule has 3 aliphatic rings. The summed E-state index contributed by atoms with van der Waals surface area (Å²) in [4.78, 5) is 38.5. The second-order valence-corrected chi connectivity index (χ2v) is 16.8. The highest BCUT2D eigenvalue weighted by atomic mass is 16.6. The van der Waals surface area contributed by atoms with Gasteiger partial charge in [0.05, 0.1) is 32.3 Å². The summed E-state index contributed by atoms with van der Waals surface area (Å²) in [5.41, 5.74) is 0.0664. The molecule has 1 unspecified atom stereocenters. The molecule has 3 N–H and O–H groups in total. The van der Waals surface area contributed by atoms with E-state index in [4.69, 9.17) is 18.9 Å². The molecule has 2 aromatic rings. The molecule has 3 aliphatic carbocycles. The molecule has 5 rings (SSSR count). The maximum atomic E-state index is 13.4. The van der Waals surface area contributed by atoms with Gasteiger partial charge in [0.25, 0.3) is 0 Å². The number of methoxy groups -OCH3 is 1. The zero-order chi connectivity index (χ0) is 37.2. The van der Waals surface area contributed by atoms with Gasteiger partial charge in [-0.2, -0.15) is 0 Å². The van der Waals surface area contributed by atoms with Crippen molar-refractivity contribution >= 4 is 25.1 Å². The summed E-state index contributed by atoms with van der Waals surface area (Å²) in [6.45, 7) is 20.0. The van der Waals surface area contributed by atoms with Crippen molar-refractivity contribution < 1.29 is 38.3 Å². The quantitative estimate of drug-likeness (QED) is 0.194. The third kappa shape index (κ3) is 9.57. The maximum absolute atomic E-state index is 13.4. The molecule has 1 aromatic heterocycles. The second-order valence-electron chi connectivity index (χ2n) is 16.8. The van der Waals surface area contributed by atoms with Crippen molar-refractivity contribution in [2.24, 2.45) is 22.7 Å². The van der Waals surface area contributed by atoms with Crippen molar-refractivity contribution in [1.82, 2.24) is 25.6 Å². The molecule has 3 fully saturated rings. The van der Waals surface area contributed by atoms with Gasteiger partial charge < -0.3 is 34.5 Å². The number of esters is 1. The third-order valence-electron chi connectivity index (χ3n) is 10.0. The Labute approximate surface area is 296 Å². The standard InChI is InChI=1S/C36H56BN5O8/c1-33(2,3)48-31(44)25-14-12-13-22(30(25)47-11)17-28(37(46)50-27-19-23-18-26(35(23,7)8)36(27,9)10)39-29(43)15-16-42-21-24(40-41-42)20-38-32(45)49-34(4,5)6/h12-14,21,23,26-28,46H,15-20H2,1-11H3,(H,38,45)(H,39,43)/t23?,26-,27+,28-/m0/s1. The molecule has 0 radical (unpaired) electrons. The number of carbonyl (C=O) groups excluding carboxylic acids is 3. The Morgan fingerprint density at radius 3 is 2.32 bits per heavy atom. The summed E-state index contributed by atoms with van der Waals surface area (Å²) >= 11 is 0. The number of ether oxygens (including phenoxy) is 3. The molecule has 2 bridgehead atoms. The Morgan fingerprint density at radius 1 is 1.04 bits per heavy atom. The van der Waals surface area contributed by atoms with Gasteiger partial charge in [-0.05, 0) is 95.1 Å². The number of amides is 2. The van der Waals surface area contributed by atoms with Crippen LogP contribution in [0.15, 0.2) is 24.4 Å². The van der Waals surface area contributed by atoms with Gasteiger partial charge in [0, 0.05) is 12.5 Å². The molecule has 13 nitrogen and oxygen atoms in total. The number of aryl methyl sites for hydroxylation is 1. The zero-order valence-corrected chi connectivity index (χ0v) is 31.6. The van der Waals surface area contributed by atoms with Crippen LogP contribution in [0.25, 0.3) is 0 Å². The van der Waals surface area contributed by atoms with Crippen LogP contribution in [0.3, 0.4) is 0 Å². The molecule has 14 heteroatoms. The number of aromatic nitrogens is 3. The smallest absolute Gasteiger partial charge is 0.478 e. The van der Waals surface area contributed by atoms with Gasteiger partial charge in [0.15, 0.2) is 0 Å². The molecule has 1 aromatic carbocycles. The molecule has 3 saturated carbocycles. The molecule has 2 amide bonds. The molecular formula is C36H56BN5O8. The zero-order valence-electron chi connectivity index (χ0n) is 31.6. The molecule has 50 heavy (non-hydrogen) atoms. The Kier molecular flexibility index (Phi) is 11.7. The summed E-state index contributed by atoms with van der Waals surface area (Å²) in [5.74, 6) is -0.468. The summed E-state index contributed by atoms with van der Waals surface area (Å²) in [6, 6.07) is 5.15. The minimum atomic E-state index is -1.34. The fourth-order valence-corrected chi connectivity index (χ4v) is 7.40. The Hall–Kier alpha value is -3.65. The highest BCUT2D eigenvalue weighted by Gasteiger charge is 2.62. The monoisotopic (exact) mass is 697 g/mol. The van der Waals surface area contributed by atoms with Crippen LogP contribution >= 0.6 is 0 Å². The fourth-order valence-electron chi connectivity index (χ4n) is 7.40. The van der Waals surface area contributed by atoms with Crippen LogP contribution in [0.1, 0.15) is 110 Å². The number of hydrogen-bond donors (Lipinski definition) is 3. The van der Waals surface area contributed by atoms with Gasteiger partial charge in [0.1, 0.15) is 28.2 Å². The minimum Gasteiger partial charge on any atom is -0.496 e. The average molecular weight is 698 g/mol. The number of nitrogens with one attached hydrogen (secondary N) is 2. The Bertz CT molecular complexity index is 1530. The number of fused-ring (bicyclic) bond motifs is 2. The Balaban J connectivity index is 1.48. The van der Waals surface area contributed by atoms with E-state index in [9.17, 15) is 19.4 Å². The van der Waals surface area contributed by atoms with E-state index in [1.165, 1.54) is 11.8 Å². The predicted molar refractivity (Wildman–Crippen MR) is 188 cm³/mol. The number of hydrogen-bond acceptors (Lipinski definition) is 10. The van der Waals surface area contributed by atoms with E-state index in [-0.39, 0.29) is 54.3 Å². The third-order valence-corrected chi connectivity index (χ3v) is 10.0. The van der Waals surface area contributed by atoms with Gasteiger partial charge in [-0.3, -0.25) is 9.48 Å². The molecule has 276 valence electrons. The van der Waals surface area contributed by atoms with E-state index < -0.39 is 36.3 Å². The van der Waals surface area contributed by atoms with Crippen LogP contribution in [0.4, 0.5) is 4.79 Å². The van der Waals surface area contributed by atoms with Gasteiger partial charge in [0.2, 0.25) is 5.91 Å². The first-order valence-electron chi connectivity index (χ1n) is 17.5. The van der Waals surface area contributed by atoms with Crippen LogP contribution in [0, 0.1) is 22.7 Å². The summed E-state index contributed by atoms with van der Waals surface area (Å²) in [5, 5.41) is 25.4. The van der Waals surface area contributed by atoms with Gasteiger partial charge in [-0.25, -0.2) is 9.59 Å². The summed E-state index contributed by atoms with van der Waals surface area (Å²) < 4.78 is 24.5. The van der Waals surface area contributed by atoms with Crippen LogP contribution in [0.5, 0.6) is 5.75 Å². The molecule has 0 spiro atoms. The van der Waals surface area contributed by atoms with Crippen molar-refractivity contribution in [1.29, 1.82) is 0 Å². The summed E-state index contributed by atoms with van der Waals surface area (Å²) in [6.07, 6.45) is 3.01. The van der Waals surface area contributed by atoms with Crippen LogP contribution in [-0.4, -0.2) is 75.5 Å². The topological polar surface area (TPSA) is 163 Å². The molecule has 1 heterocycles. The molecular weight excluding hydrogens is 641 g/mol. The normalized spacial score (nSPS) is 21.3. The lowest BCUT2D eigenvalue weighted by Crippen LogP contribution is -2.64. The van der Waals surface area contributed by atoms with Crippen molar-refractivity contribution in [2.75, 3.05) is 7.11 Å². The summed E-state index contributed by atoms with van der Waals surface area (Å²) in [7, 11) is 0.136. The van der Waals surface area contributed by atoms with Crippen LogP contribution in [0.2, 0.25) is 0 Å². The first kappa shape index (κ1) is 39.1. The number of para-hydroxylation sites is 1. The van der Waals surface area contributed by atoms with Crippen molar-refractivity contribution in [3.63, 3.8) is 0 Å². The van der Waals surface area contributed by atoms with E-state index in [0.29, 0.717) is 28.8 Å². The van der Waals surface area contributed by atoms with E-state index in [2.05, 4.69) is 48.6 Å². The maximum Gasteiger partial charge on any atom is 0.478 e. The van der Waals surface area contributed by atoms with Crippen molar-refractivity contribution in [2.45, 2.75) is 131 Å². The van der Waals surface area contributed by atoms with E-state index in [1.54, 1.807) is 65.9 Å². The van der Waals surface area contributed by atoms with E-state index in [0.717, 1.165) is 12.8 Å². The number of rotatable bonds is 13. The average Bonchev–Trinajstić information content (AvgIpc) is 3.45. The fraction of sp³-hybridized carbons (Fsp3) is 0.694. The van der Waals surface area contributed by atoms with Crippen LogP contribution in [-0.2, 0) is 38.4 Å².